The first-order valence-electron chi connectivity index (χ1n) is 5.90. The maximum absolute atomic E-state index is 11.1. The lowest BCUT2D eigenvalue weighted by Crippen LogP contribution is -2.28. The smallest absolute Gasteiger partial charge is 0.329 e. The second-order valence-corrected chi connectivity index (χ2v) is 3.81. The Bertz CT molecular complexity index is 553. The summed E-state index contributed by atoms with van der Waals surface area (Å²) in [5.41, 5.74) is -0.404. The van der Waals surface area contributed by atoms with E-state index >= 15 is 0 Å². The number of nitro groups is 1. The van der Waals surface area contributed by atoms with Crippen LogP contribution in [0.2, 0.25) is 0 Å². The molecule has 8 nitrogen and oxygen atoms in total. The van der Waals surface area contributed by atoms with Crippen LogP contribution in [0.3, 0.4) is 0 Å². The summed E-state index contributed by atoms with van der Waals surface area (Å²) in [5, 5.41) is 20.0. The van der Waals surface area contributed by atoms with Crippen molar-refractivity contribution in [3.8, 4) is 6.07 Å². The highest BCUT2D eigenvalue weighted by molar-refractivity contribution is 5.71. The normalized spacial score (nSPS) is 9.65. The summed E-state index contributed by atoms with van der Waals surface area (Å²) in [7, 11) is 1.27. The van der Waals surface area contributed by atoms with E-state index in [9.17, 15) is 14.9 Å². The number of methoxy groups -OCH3 is 1. The van der Waals surface area contributed by atoms with Gasteiger partial charge in [-0.3, -0.25) is 14.9 Å². The van der Waals surface area contributed by atoms with E-state index in [1.54, 1.807) is 17.9 Å². The predicted octanol–water partition coefficient (Wildman–Crippen LogP) is 1.25. The molecule has 0 unspecified atom stereocenters. The van der Waals surface area contributed by atoms with E-state index in [-0.39, 0.29) is 30.0 Å². The molecule has 0 aromatic carbocycles. The Kier molecular flexibility index (Phi) is 5.41. The zero-order valence-corrected chi connectivity index (χ0v) is 11.2. The molecule has 1 heterocycles. The molecule has 0 amide bonds. The molecule has 0 radical (unpaired) electrons. The van der Waals surface area contributed by atoms with Crippen molar-refractivity contribution in [2.24, 2.45) is 0 Å². The summed E-state index contributed by atoms with van der Waals surface area (Å²) in [6.07, 6.45) is 1.42. The van der Waals surface area contributed by atoms with Crippen LogP contribution in [0.25, 0.3) is 0 Å². The lowest BCUT2D eigenvalue weighted by atomic mass is 10.2. The van der Waals surface area contributed by atoms with Crippen LogP contribution in [0.5, 0.6) is 0 Å². The van der Waals surface area contributed by atoms with Crippen molar-refractivity contribution >= 4 is 17.5 Å². The van der Waals surface area contributed by atoms with Crippen LogP contribution in [0.1, 0.15) is 18.9 Å². The first kappa shape index (κ1) is 15.4. The molecule has 20 heavy (non-hydrogen) atoms. The molecular formula is C12H14N4O4. The van der Waals surface area contributed by atoms with Crippen LogP contribution in [-0.2, 0) is 9.53 Å². The van der Waals surface area contributed by atoms with Gasteiger partial charge in [-0.25, -0.2) is 4.98 Å². The van der Waals surface area contributed by atoms with Crippen LogP contribution >= 0.6 is 0 Å². The van der Waals surface area contributed by atoms with Gasteiger partial charge in [-0.05, 0) is 13.0 Å². The number of hydrogen-bond donors (Lipinski definition) is 0. The number of ether oxygens (including phenoxy) is 1. The van der Waals surface area contributed by atoms with Crippen molar-refractivity contribution in [2.45, 2.75) is 13.3 Å². The van der Waals surface area contributed by atoms with Crippen LogP contribution in [-0.4, -0.2) is 36.1 Å². The Morgan fingerprint density at radius 2 is 2.35 bits per heavy atom. The first-order valence-corrected chi connectivity index (χ1v) is 5.90. The van der Waals surface area contributed by atoms with Gasteiger partial charge in [0, 0.05) is 19.3 Å². The van der Waals surface area contributed by atoms with Crippen molar-refractivity contribution in [2.75, 3.05) is 25.1 Å². The van der Waals surface area contributed by atoms with E-state index in [1.807, 2.05) is 0 Å². The fourth-order valence-corrected chi connectivity index (χ4v) is 1.69. The summed E-state index contributed by atoms with van der Waals surface area (Å²) in [5.74, 6) is -0.331. The second kappa shape index (κ2) is 7.04. The minimum atomic E-state index is -0.637. The average molecular weight is 278 g/mol. The molecule has 0 aliphatic carbocycles. The number of aromatic nitrogens is 1. The van der Waals surface area contributed by atoms with Gasteiger partial charge in [0.25, 0.3) is 0 Å². The number of pyridine rings is 1. The fraction of sp³-hybridized carbons (Fsp3) is 0.417. The molecule has 0 spiro atoms. The Hall–Kier alpha value is -2.69. The summed E-state index contributed by atoms with van der Waals surface area (Å²) >= 11 is 0. The van der Waals surface area contributed by atoms with Crippen LogP contribution < -0.4 is 4.90 Å². The van der Waals surface area contributed by atoms with Gasteiger partial charge in [0.15, 0.2) is 0 Å². The molecule has 0 bridgehead atoms. The van der Waals surface area contributed by atoms with Gasteiger partial charge in [-0.1, -0.05) is 0 Å². The molecule has 0 saturated heterocycles. The number of esters is 1. The monoisotopic (exact) mass is 278 g/mol. The molecule has 0 fully saturated rings. The largest absolute Gasteiger partial charge is 0.469 e. The number of carbonyl (C=O) groups excluding carboxylic acids is 1. The molecule has 0 saturated carbocycles. The highest BCUT2D eigenvalue weighted by Crippen LogP contribution is 2.28. The molecule has 0 aliphatic heterocycles. The molecule has 0 aliphatic rings. The molecule has 1 rings (SSSR count). The third-order valence-electron chi connectivity index (χ3n) is 2.70. The Morgan fingerprint density at radius 3 is 2.85 bits per heavy atom. The van der Waals surface area contributed by atoms with Gasteiger partial charge in [-0.15, -0.1) is 0 Å². The molecule has 1 aromatic heterocycles. The van der Waals surface area contributed by atoms with E-state index in [4.69, 9.17) is 5.26 Å². The second-order valence-electron chi connectivity index (χ2n) is 3.81. The minimum Gasteiger partial charge on any atom is -0.469 e. The van der Waals surface area contributed by atoms with Gasteiger partial charge in [0.2, 0.25) is 5.82 Å². The fourth-order valence-electron chi connectivity index (χ4n) is 1.69. The topological polar surface area (TPSA) is 109 Å². The number of rotatable bonds is 6. The van der Waals surface area contributed by atoms with Crippen molar-refractivity contribution in [3.05, 3.63) is 27.9 Å². The molecule has 106 valence electrons. The predicted molar refractivity (Wildman–Crippen MR) is 70.1 cm³/mol. The third kappa shape index (κ3) is 3.41. The standard InChI is InChI=1S/C12H14N4O4/c1-3-15(7-5-10(17)20-2)12-11(16(18)19)9(8-13)4-6-14-12/h4,6H,3,5,7H2,1-2H3. The number of hydrogen-bond acceptors (Lipinski definition) is 7. The zero-order valence-electron chi connectivity index (χ0n) is 11.2. The van der Waals surface area contributed by atoms with Crippen molar-refractivity contribution < 1.29 is 14.5 Å². The summed E-state index contributed by atoms with van der Waals surface area (Å²) < 4.78 is 4.53. The van der Waals surface area contributed by atoms with Crippen molar-refractivity contribution in [3.63, 3.8) is 0 Å². The van der Waals surface area contributed by atoms with E-state index in [0.717, 1.165) is 0 Å². The maximum atomic E-state index is 11.1. The molecular weight excluding hydrogens is 264 g/mol. The first-order chi connectivity index (χ1) is 9.54. The van der Waals surface area contributed by atoms with Gasteiger partial charge >= 0.3 is 11.7 Å². The van der Waals surface area contributed by atoms with E-state index in [1.165, 1.54) is 19.4 Å². The summed E-state index contributed by atoms with van der Waals surface area (Å²) in [4.78, 5) is 27.2. The molecule has 8 heteroatoms. The van der Waals surface area contributed by atoms with Gasteiger partial charge in [-0.2, -0.15) is 5.26 Å². The Balaban J connectivity index is 3.12. The van der Waals surface area contributed by atoms with Gasteiger partial charge in [0.1, 0.15) is 11.6 Å². The minimum absolute atomic E-state index is 0.0588. The summed E-state index contributed by atoms with van der Waals surface area (Å²) in [6, 6.07) is 3.06. The number of carbonyl (C=O) groups is 1. The lowest BCUT2D eigenvalue weighted by molar-refractivity contribution is -0.384. The van der Waals surface area contributed by atoms with Crippen LogP contribution in [0, 0.1) is 21.4 Å². The highest BCUT2D eigenvalue weighted by Gasteiger charge is 2.25. The van der Waals surface area contributed by atoms with E-state index < -0.39 is 10.9 Å². The Morgan fingerprint density at radius 1 is 1.65 bits per heavy atom. The zero-order chi connectivity index (χ0) is 15.1. The van der Waals surface area contributed by atoms with Gasteiger partial charge < -0.3 is 9.64 Å². The number of anilines is 1. The van der Waals surface area contributed by atoms with Crippen molar-refractivity contribution in [1.29, 1.82) is 5.26 Å². The van der Waals surface area contributed by atoms with Gasteiger partial charge in [0.05, 0.1) is 18.5 Å². The van der Waals surface area contributed by atoms with E-state index in [0.29, 0.717) is 6.54 Å². The molecule has 0 N–H and O–H groups in total. The Labute approximate surface area is 115 Å². The third-order valence-corrected chi connectivity index (χ3v) is 2.70. The van der Waals surface area contributed by atoms with Crippen LogP contribution in [0.15, 0.2) is 12.3 Å². The quantitative estimate of drug-likeness (QED) is 0.437. The number of nitriles is 1. The molecule has 0 atom stereocenters. The lowest BCUT2D eigenvalue weighted by Gasteiger charge is -2.21. The highest BCUT2D eigenvalue weighted by atomic mass is 16.6. The molecule has 1 aromatic rings. The average Bonchev–Trinajstić information content (AvgIpc) is 2.46. The summed E-state index contributed by atoms with van der Waals surface area (Å²) in [6.45, 7) is 2.42. The van der Waals surface area contributed by atoms with Crippen LogP contribution in [0.4, 0.5) is 11.5 Å². The maximum Gasteiger partial charge on any atom is 0.329 e. The SMILES string of the molecule is CCN(CCC(=O)OC)c1nccc(C#N)c1[N+](=O)[O-]. The van der Waals surface area contributed by atoms with Crippen molar-refractivity contribution in [1.82, 2.24) is 4.98 Å². The number of nitrogens with zero attached hydrogens (tertiary/aromatic N) is 4. The van der Waals surface area contributed by atoms with E-state index in [2.05, 4.69) is 9.72 Å².